The van der Waals surface area contributed by atoms with Crippen LogP contribution in [0.3, 0.4) is 0 Å². The number of aliphatic imine (C=N–C) groups is 1. The average molecular weight is 436 g/mol. The maximum atomic E-state index is 14.1. The van der Waals surface area contributed by atoms with E-state index in [9.17, 15) is 4.39 Å². The summed E-state index contributed by atoms with van der Waals surface area (Å²) in [6.45, 7) is 9.28. The molecule has 1 N–H and O–H groups in total. The van der Waals surface area contributed by atoms with Gasteiger partial charge in [-0.1, -0.05) is 31.0 Å². The first kappa shape index (κ1) is 22.5. The van der Waals surface area contributed by atoms with Crippen LogP contribution in [0.4, 0.5) is 4.39 Å². The molecule has 9 heteroatoms. The van der Waals surface area contributed by atoms with Crippen molar-refractivity contribution >= 4 is 17.6 Å². The predicted molar refractivity (Wildman–Crippen MR) is 118 cm³/mol. The van der Waals surface area contributed by atoms with Gasteiger partial charge in [0.15, 0.2) is 11.8 Å². The van der Waals surface area contributed by atoms with Crippen molar-refractivity contribution < 1.29 is 4.39 Å². The van der Waals surface area contributed by atoms with Gasteiger partial charge in [-0.2, -0.15) is 0 Å². The molecule has 1 aromatic carbocycles. The molecule has 30 heavy (non-hydrogen) atoms. The van der Waals surface area contributed by atoms with Gasteiger partial charge in [0.25, 0.3) is 0 Å². The summed E-state index contributed by atoms with van der Waals surface area (Å²) in [7, 11) is 1.96. The van der Waals surface area contributed by atoms with Crippen LogP contribution in [-0.4, -0.2) is 63.2 Å². The number of unbranched alkanes of at least 4 members (excludes halogenated alkanes) is 1. The Morgan fingerprint density at radius 3 is 2.63 bits per heavy atom. The summed E-state index contributed by atoms with van der Waals surface area (Å²) in [6.07, 6.45) is 2.22. The molecule has 0 radical (unpaired) electrons. The Morgan fingerprint density at radius 2 is 2.00 bits per heavy atom. The van der Waals surface area contributed by atoms with Crippen LogP contribution in [0.5, 0.6) is 0 Å². The number of piperazine rings is 1. The van der Waals surface area contributed by atoms with Crippen LogP contribution in [0.15, 0.2) is 23.2 Å². The molecule has 1 aliphatic heterocycles. The minimum atomic E-state index is -0.243. The Labute approximate surface area is 182 Å². The third-order valence-corrected chi connectivity index (χ3v) is 5.84. The van der Waals surface area contributed by atoms with Crippen LogP contribution < -0.4 is 5.32 Å². The van der Waals surface area contributed by atoms with E-state index in [0.29, 0.717) is 23.7 Å². The Morgan fingerprint density at radius 1 is 1.23 bits per heavy atom. The van der Waals surface area contributed by atoms with Crippen LogP contribution in [0, 0.1) is 12.7 Å². The predicted octanol–water partition coefficient (Wildman–Crippen LogP) is 2.98. The lowest BCUT2D eigenvalue weighted by molar-refractivity contribution is 0.170. The van der Waals surface area contributed by atoms with Crippen molar-refractivity contribution in [3.63, 3.8) is 0 Å². The number of aryl methyl sites for hydroxylation is 1. The first-order valence-electron chi connectivity index (χ1n) is 10.5. The molecule has 2 heterocycles. The van der Waals surface area contributed by atoms with Crippen molar-refractivity contribution in [3.8, 4) is 0 Å². The quantitative estimate of drug-likeness (QED) is 0.411. The summed E-state index contributed by atoms with van der Waals surface area (Å²) in [6, 6.07) is 4.85. The molecule has 7 nitrogen and oxygen atoms in total. The van der Waals surface area contributed by atoms with E-state index in [1.54, 1.807) is 12.1 Å². The minimum Gasteiger partial charge on any atom is -0.356 e. The number of aromatic nitrogens is 3. The standard InChI is InChI=1S/C21H31ClFN7/c1-4-5-9-24-21(25-14-20-27-26-16(2)28(20)3)30-12-10-29(11-13-30)15-17-18(22)7-6-8-19(17)23/h6-8H,4-5,9-15H2,1-3H3,(H,24,25). The molecule has 1 fully saturated rings. The number of nitrogens with one attached hydrogen (secondary N) is 1. The van der Waals surface area contributed by atoms with Crippen molar-refractivity contribution in [2.75, 3.05) is 32.7 Å². The number of hydrogen-bond donors (Lipinski definition) is 1. The SMILES string of the molecule is CCCCNC(=NCc1nnc(C)n1C)N1CCN(Cc2c(F)cccc2Cl)CC1. The second-order valence-corrected chi connectivity index (χ2v) is 8.01. The van der Waals surface area contributed by atoms with Crippen molar-refractivity contribution in [2.24, 2.45) is 12.0 Å². The molecule has 3 rings (SSSR count). The normalized spacial score (nSPS) is 15.6. The van der Waals surface area contributed by atoms with Gasteiger partial charge in [0.05, 0.1) is 0 Å². The van der Waals surface area contributed by atoms with E-state index in [2.05, 4.69) is 32.2 Å². The second kappa shape index (κ2) is 10.7. The van der Waals surface area contributed by atoms with Crippen molar-refractivity contribution in [3.05, 3.63) is 46.3 Å². The number of benzene rings is 1. The summed E-state index contributed by atoms with van der Waals surface area (Å²) >= 11 is 6.19. The molecule has 0 saturated carbocycles. The molecule has 0 unspecified atom stereocenters. The Bertz CT molecular complexity index is 839. The molecular formula is C21H31ClFN7. The molecule has 1 aliphatic rings. The van der Waals surface area contributed by atoms with Crippen LogP contribution in [0.25, 0.3) is 0 Å². The molecule has 1 aromatic heterocycles. The fraction of sp³-hybridized carbons (Fsp3) is 0.571. The van der Waals surface area contributed by atoms with E-state index in [-0.39, 0.29) is 5.82 Å². The summed E-state index contributed by atoms with van der Waals surface area (Å²) in [5, 5.41) is 12.3. The van der Waals surface area contributed by atoms with E-state index in [4.69, 9.17) is 16.6 Å². The van der Waals surface area contributed by atoms with Gasteiger partial charge in [0, 0.05) is 56.9 Å². The molecule has 0 bridgehead atoms. The average Bonchev–Trinajstić information content (AvgIpc) is 3.06. The molecule has 0 spiro atoms. The van der Waals surface area contributed by atoms with Crippen molar-refractivity contribution in [1.82, 2.24) is 29.9 Å². The van der Waals surface area contributed by atoms with Gasteiger partial charge in [0.2, 0.25) is 0 Å². The zero-order chi connectivity index (χ0) is 21.5. The van der Waals surface area contributed by atoms with E-state index in [1.165, 1.54) is 6.07 Å². The van der Waals surface area contributed by atoms with Gasteiger partial charge in [-0.05, 0) is 25.5 Å². The maximum absolute atomic E-state index is 14.1. The van der Waals surface area contributed by atoms with Gasteiger partial charge in [-0.15, -0.1) is 10.2 Å². The third kappa shape index (κ3) is 5.70. The fourth-order valence-corrected chi connectivity index (χ4v) is 3.63. The summed E-state index contributed by atoms with van der Waals surface area (Å²) in [4.78, 5) is 9.30. The molecule has 0 amide bonds. The van der Waals surface area contributed by atoms with E-state index in [1.807, 2.05) is 18.5 Å². The lowest BCUT2D eigenvalue weighted by atomic mass is 10.2. The second-order valence-electron chi connectivity index (χ2n) is 7.61. The molecular weight excluding hydrogens is 405 g/mol. The van der Waals surface area contributed by atoms with Crippen LogP contribution in [0.2, 0.25) is 5.02 Å². The Balaban J connectivity index is 1.62. The number of rotatable bonds is 7. The minimum absolute atomic E-state index is 0.243. The number of hydrogen-bond acceptors (Lipinski definition) is 4. The van der Waals surface area contributed by atoms with Gasteiger partial charge >= 0.3 is 0 Å². The summed E-state index contributed by atoms with van der Waals surface area (Å²) in [5.74, 6) is 2.37. The van der Waals surface area contributed by atoms with Crippen molar-refractivity contribution in [1.29, 1.82) is 0 Å². The lowest BCUT2D eigenvalue weighted by Crippen LogP contribution is -2.52. The van der Waals surface area contributed by atoms with Gasteiger partial charge < -0.3 is 14.8 Å². The molecule has 1 saturated heterocycles. The Hall–Kier alpha value is -2.19. The van der Waals surface area contributed by atoms with Gasteiger partial charge in [-0.25, -0.2) is 9.38 Å². The number of nitrogens with zero attached hydrogens (tertiary/aromatic N) is 6. The summed E-state index contributed by atoms with van der Waals surface area (Å²) in [5.41, 5.74) is 0.570. The smallest absolute Gasteiger partial charge is 0.194 e. The van der Waals surface area contributed by atoms with Gasteiger partial charge in [-0.3, -0.25) is 4.90 Å². The van der Waals surface area contributed by atoms with Crippen LogP contribution in [0.1, 0.15) is 37.0 Å². The zero-order valence-corrected chi connectivity index (χ0v) is 18.8. The summed E-state index contributed by atoms with van der Waals surface area (Å²) < 4.78 is 16.1. The van der Waals surface area contributed by atoms with E-state index < -0.39 is 0 Å². The first-order valence-corrected chi connectivity index (χ1v) is 10.9. The van der Waals surface area contributed by atoms with Crippen molar-refractivity contribution in [2.45, 2.75) is 39.8 Å². The zero-order valence-electron chi connectivity index (χ0n) is 18.0. The topological polar surface area (TPSA) is 61.6 Å². The van der Waals surface area contributed by atoms with E-state index >= 15 is 0 Å². The number of halogens is 2. The highest BCUT2D eigenvalue weighted by molar-refractivity contribution is 6.31. The largest absolute Gasteiger partial charge is 0.356 e. The van der Waals surface area contributed by atoms with Crippen LogP contribution in [-0.2, 0) is 20.1 Å². The molecule has 0 aliphatic carbocycles. The molecule has 164 valence electrons. The monoisotopic (exact) mass is 435 g/mol. The highest BCUT2D eigenvalue weighted by Gasteiger charge is 2.21. The third-order valence-electron chi connectivity index (χ3n) is 5.48. The number of guanidine groups is 1. The highest BCUT2D eigenvalue weighted by Crippen LogP contribution is 2.21. The molecule has 2 aromatic rings. The van der Waals surface area contributed by atoms with Gasteiger partial charge in [0.1, 0.15) is 18.2 Å². The van der Waals surface area contributed by atoms with Crippen LogP contribution >= 0.6 is 11.6 Å². The lowest BCUT2D eigenvalue weighted by Gasteiger charge is -2.36. The first-order chi connectivity index (χ1) is 14.5. The maximum Gasteiger partial charge on any atom is 0.194 e. The highest BCUT2D eigenvalue weighted by atomic mass is 35.5. The van der Waals surface area contributed by atoms with E-state index in [0.717, 1.165) is 63.2 Å². The fourth-order valence-electron chi connectivity index (χ4n) is 3.40. The Kier molecular flexibility index (Phi) is 8.04. The molecule has 0 atom stereocenters.